The van der Waals surface area contributed by atoms with Crippen LogP contribution >= 0.6 is 0 Å². The Balaban J connectivity index is 3.24. The summed E-state index contributed by atoms with van der Waals surface area (Å²) in [6.45, 7) is 3.70. The van der Waals surface area contributed by atoms with Crippen molar-refractivity contribution in [1.29, 1.82) is 0 Å². The third kappa shape index (κ3) is 7.12. The molecular weight excluding hydrogens is 142 g/mol. The van der Waals surface area contributed by atoms with E-state index < -0.39 is 0 Å². The molecule has 0 rings (SSSR count). The number of hydrogen-bond acceptors (Lipinski definition) is 2. The van der Waals surface area contributed by atoms with Gasteiger partial charge in [-0.15, -0.1) is 0 Å². The number of nitrogens with two attached hydrogens (primary N) is 1. The minimum atomic E-state index is 0.233. The third-order valence-electron chi connectivity index (χ3n) is 1.21. The van der Waals surface area contributed by atoms with E-state index in [0.29, 0.717) is 12.5 Å². The van der Waals surface area contributed by atoms with Crippen LogP contribution in [-0.4, -0.2) is 30.8 Å². The van der Waals surface area contributed by atoms with Crippen molar-refractivity contribution in [3.05, 3.63) is 0 Å². The Labute approximate surface area is 67.5 Å². The highest BCUT2D eigenvalue weighted by Gasteiger charge is 1.87. The predicted octanol–water partition coefficient (Wildman–Crippen LogP) is -0.317. The van der Waals surface area contributed by atoms with Crippen LogP contribution in [0.3, 0.4) is 0 Å². The highest BCUT2D eigenvalue weighted by molar-refractivity contribution is 5.77. The quantitative estimate of drug-likeness (QED) is 0.292. The van der Waals surface area contributed by atoms with Gasteiger partial charge in [0.05, 0.1) is 0 Å². The molecule has 0 aromatic carbocycles. The zero-order chi connectivity index (χ0) is 8.53. The number of aliphatic imine (C=N–C) groups is 1. The second-order valence-corrected chi connectivity index (χ2v) is 2.23. The van der Waals surface area contributed by atoms with Gasteiger partial charge in [-0.05, 0) is 19.8 Å². The third-order valence-corrected chi connectivity index (χ3v) is 1.21. The van der Waals surface area contributed by atoms with E-state index in [1.807, 2.05) is 6.92 Å². The molecule has 4 heteroatoms. The molecule has 0 spiro atoms. The SMILES string of the molecule is CCNC(N)=NCCCCO. The molecule has 66 valence electrons. The molecule has 0 aromatic heterocycles. The second kappa shape index (κ2) is 7.34. The Kier molecular flexibility index (Phi) is 6.82. The van der Waals surface area contributed by atoms with Gasteiger partial charge in [-0.1, -0.05) is 0 Å². The van der Waals surface area contributed by atoms with E-state index in [0.717, 1.165) is 19.4 Å². The van der Waals surface area contributed by atoms with Gasteiger partial charge in [-0.25, -0.2) is 0 Å². The van der Waals surface area contributed by atoms with Crippen molar-refractivity contribution in [3.63, 3.8) is 0 Å². The van der Waals surface area contributed by atoms with Crippen LogP contribution in [-0.2, 0) is 0 Å². The number of nitrogens with one attached hydrogen (secondary N) is 1. The summed E-state index contributed by atoms with van der Waals surface area (Å²) in [5, 5.41) is 11.3. The normalized spacial score (nSPS) is 11.6. The molecule has 0 aliphatic rings. The molecule has 0 heterocycles. The average molecular weight is 159 g/mol. The van der Waals surface area contributed by atoms with Crippen LogP contribution in [0.4, 0.5) is 0 Å². The van der Waals surface area contributed by atoms with Crippen molar-refractivity contribution in [1.82, 2.24) is 5.32 Å². The van der Waals surface area contributed by atoms with Crippen LogP contribution in [0.15, 0.2) is 4.99 Å². The molecule has 4 N–H and O–H groups in total. The predicted molar refractivity (Wildman–Crippen MR) is 46.5 cm³/mol. The lowest BCUT2D eigenvalue weighted by atomic mass is 10.3. The van der Waals surface area contributed by atoms with Gasteiger partial charge >= 0.3 is 0 Å². The standard InChI is InChI=1S/C7H17N3O/c1-2-9-7(8)10-5-3-4-6-11/h11H,2-6H2,1H3,(H3,8,9,10). The zero-order valence-corrected chi connectivity index (χ0v) is 7.01. The van der Waals surface area contributed by atoms with Crippen LogP contribution in [0.1, 0.15) is 19.8 Å². The molecule has 0 radical (unpaired) electrons. The maximum atomic E-state index is 8.44. The van der Waals surface area contributed by atoms with E-state index in [4.69, 9.17) is 10.8 Å². The van der Waals surface area contributed by atoms with Crippen LogP contribution < -0.4 is 11.1 Å². The first-order chi connectivity index (χ1) is 5.31. The highest BCUT2D eigenvalue weighted by atomic mass is 16.2. The highest BCUT2D eigenvalue weighted by Crippen LogP contribution is 1.86. The molecular formula is C7H17N3O. The van der Waals surface area contributed by atoms with Crippen molar-refractivity contribution in [3.8, 4) is 0 Å². The summed E-state index contributed by atoms with van der Waals surface area (Å²) in [6, 6.07) is 0. The molecule has 0 fully saturated rings. The molecule has 11 heavy (non-hydrogen) atoms. The zero-order valence-electron chi connectivity index (χ0n) is 7.01. The van der Waals surface area contributed by atoms with E-state index in [2.05, 4.69) is 10.3 Å². The van der Waals surface area contributed by atoms with Gasteiger partial charge in [0.2, 0.25) is 0 Å². The molecule has 0 amide bonds. The molecule has 0 bridgehead atoms. The Hall–Kier alpha value is -0.770. The first kappa shape index (κ1) is 10.2. The van der Waals surface area contributed by atoms with E-state index in [1.54, 1.807) is 0 Å². The van der Waals surface area contributed by atoms with Gasteiger partial charge in [-0.2, -0.15) is 0 Å². The Morgan fingerprint density at radius 3 is 2.82 bits per heavy atom. The molecule has 0 atom stereocenters. The minimum absolute atomic E-state index is 0.233. The lowest BCUT2D eigenvalue weighted by molar-refractivity contribution is 0.285. The van der Waals surface area contributed by atoms with Gasteiger partial charge in [-0.3, -0.25) is 4.99 Å². The topological polar surface area (TPSA) is 70.6 Å². The Bertz CT molecular complexity index is 114. The molecule has 0 aromatic rings. The Morgan fingerprint density at radius 2 is 2.27 bits per heavy atom. The van der Waals surface area contributed by atoms with Gasteiger partial charge in [0.25, 0.3) is 0 Å². The van der Waals surface area contributed by atoms with E-state index >= 15 is 0 Å². The van der Waals surface area contributed by atoms with Gasteiger partial charge in [0.1, 0.15) is 0 Å². The summed E-state index contributed by atoms with van der Waals surface area (Å²) in [4.78, 5) is 4.02. The summed E-state index contributed by atoms with van der Waals surface area (Å²) in [6.07, 6.45) is 1.69. The van der Waals surface area contributed by atoms with Crippen LogP contribution in [0.2, 0.25) is 0 Å². The molecule has 0 aliphatic carbocycles. The summed E-state index contributed by atoms with van der Waals surface area (Å²) in [5.74, 6) is 0.491. The first-order valence-corrected chi connectivity index (χ1v) is 3.96. The number of unbranched alkanes of at least 4 members (excludes halogenated alkanes) is 1. The van der Waals surface area contributed by atoms with Crippen molar-refractivity contribution in [2.45, 2.75) is 19.8 Å². The minimum Gasteiger partial charge on any atom is -0.396 e. The van der Waals surface area contributed by atoms with Gasteiger partial charge in [0, 0.05) is 19.7 Å². The maximum Gasteiger partial charge on any atom is 0.188 e. The number of rotatable bonds is 5. The number of nitrogens with zero attached hydrogens (tertiary/aromatic N) is 1. The second-order valence-electron chi connectivity index (χ2n) is 2.23. The fourth-order valence-electron chi connectivity index (χ4n) is 0.660. The smallest absolute Gasteiger partial charge is 0.188 e. The largest absolute Gasteiger partial charge is 0.396 e. The van der Waals surface area contributed by atoms with E-state index in [9.17, 15) is 0 Å². The van der Waals surface area contributed by atoms with Crippen molar-refractivity contribution in [2.75, 3.05) is 19.7 Å². The van der Waals surface area contributed by atoms with Crippen LogP contribution in [0.5, 0.6) is 0 Å². The lowest BCUT2D eigenvalue weighted by Gasteiger charge is -2.00. The Morgan fingerprint density at radius 1 is 1.55 bits per heavy atom. The fraction of sp³-hybridized carbons (Fsp3) is 0.857. The molecule has 0 unspecified atom stereocenters. The molecule has 0 saturated heterocycles. The number of guanidine groups is 1. The van der Waals surface area contributed by atoms with Crippen LogP contribution in [0, 0.1) is 0 Å². The van der Waals surface area contributed by atoms with E-state index in [-0.39, 0.29) is 6.61 Å². The molecule has 0 aliphatic heterocycles. The maximum absolute atomic E-state index is 8.44. The number of aliphatic hydroxyl groups is 1. The summed E-state index contributed by atoms with van der Waals surface area (Å²) < 4.78 is 0. The summed E-state index contributed by atoms with van der Waals surface area (Å²) >= 11 is 0. The fourth-order valence-corrected chi connectivity index (χ4v) is 0.660. The van der Waals surface area contributed by atoms with Gasteiger partial charge in [0.15, 0.2) is 5.96 Å². The van der Waals surface area contributed by atoms with Crippen molar-refractivity contribution >= 4 is 5.96 Å². The van der Waals surface area contributed by atoms with Crippen molar-refractivity contribution in [2.24, 2.45) is 10.7 Å². The van der Waals surface area contributed by atoms with Crippen molar-refractivity contribution < 1.29 is 5.11 Å². The lowest BCUT2D eigenvalue weighted by Crippen LogP contribution is -2.31. The molecule has 4 nitrogen and oxygen atoms in total. The summed E-state index contributed by atoms with van der Waals surface area (Å²) in [7, 11) is 0. The summed E-state index contributed by atoms with van der Waals surface area (Å²) in [5.41, 5.74) is 5.44. The van der Waals surface area contributed by atoms with E-state index in [1.165, 1.54) is 0 Å². The van der Waals surface area contributed by atoms with Crippen LogP contribution in [0.25, 0.3) is 0 Å². The van der Waals surface area contributed by atoms with Gasteiger partial charge < -0.3 is 16.2 Å². The number of aliphatic hydroxyl groups excluding tert-OH is 1. The molecule has 0 saturated carbocycles. The average Bonchev–Trinajstić information content (AvgIpc) is 1.99. The monoisotopic (exact) mass is 159 g/mol. The first-order valence-electron chi connectivity index (χ1n) is 3.96. The number of hydrogen-bond donors (Lipinski definition) is 3.